The van der Waals surface area contributed by atoms with Gasteiger partial charge in [-0.1, -0.05) is 46.3 Å². The van der Waals surface area contributed by atoms with E-state index in [0.29, 0.717) is 0 Å². The summed E-state index contributed by atoms with van der Waals surface area (Å²) in [6.45, 7) is 7.08. The van der Waals surface area contributed by atoms with Crippen molar-refractivity contribution in [3.05, 3.63) is 63.6 Å². The summed E-state index contributed by atoms with van der Waals surface area (Å²) in [7, 11) is 2.18. The number of benzene rings is 2. The molecule has 0 saturated carbocycles. The molecule has 0 heterocycles. The molecule has 0 aromatic heterocycles. The Morgan fingerprint density at radius 3 is 2.30 bits per heavy atom. The SMILES string of the molecule is Cc1cc(Br)cc(C)c1OCCCCN(C)Cc1ccccc1. The highest BCUT2D eigenvalue weighted by molar-refractivity contribution is 9.10. The fourth-order valence-electron chi connectivity index (χ4n) is 2.76. The summed E-state index contributed by atoms with van der Waals surface area (Å²) in [6.07, 6.45) is 2.23. The number of unbranched alkanes of at least 4 members (excludes halogenated alkanes) is 1. The number of halogens is 1. The maximum atomic E-state index is 5.98. The molecule has 3 heteroatoms. The van der Waals surface area contributed by atoms with Crippen LogP contribution in [-0.2, 0) is 6.54 Å². The standard InChI is InChI=1S/C20H26BrNO/c1-16-13-19(21)14-17(2)20(16)23-12-8-7-11-22(3)15-18-9-5-4-6-10-18/h4-6,9-10,13-14H,7-8,11-12,15H2,1-3H3. The topological polar surface area (TPSA) is 12.5 Å². The first-order valence-electron chi connectivity index (χ1n) is 8.18. The number of aryl methyl sites for hydroxylation is 2. The molecular weight excluding hydrogens is 350 g/mol. The van der Waals surface area contributed by atoms with Crippen LogP contribution in [0.5, 0.6) is 5.75 Å². The van der Waals surface area contributed by atoms with E-state index in [9.17, 15) is 0 Å². The first-order valence-corrected chi connectivity index (χ1v) is 8.97. The molecule has 0 aliphatic rings. The zero-order valence-corrected chi connectivity index (χ0v) is 15.9. The summed E-state index contributed by atoms with van der Waals surface area (Å²) in [5, 5.41) is 0. The molecule has 0 radical (unpaired) electrons. The van der Waals surface area contributed by atoms with Crippen molar-refractivity contribution < 1.29 is 4.74 Å². The Morgan fingerprint density at radius 2 is 1.65 bits per heavy atom. The zero-order chi connectivity index (χ0) is 16.7. The molecular formula is C20H26BrNO. The predicted octanol–water partition coefficient (Wildman–Crippen LogP) is 5.36. The van der Waals surface area contributed by atoms with Crippen LogP contribution in [0.15, 0.2) is 46.9 Å². The Morgan fingerprint density at radius 1 is 1.00 bits per heavy atom. The van der Waals surface area contributed by atoms with Crippen LogP contribution in [0, 0.1) is 13.8 Å². The average Bonchev–Trinajstić information content (AvgIpc) is 2.50. The number of nitrogens with zero attached hydrogens (tertiary/aromatic N) is 1. The van der Waals surface area contributed by atoms with Crippen molar-refractivity contribution >= 4 is 15.9 Å². The lowest BCUT2D eigenvalue weighted by molar-refractivity contribution is 0.273. The van der Waals surface area contributed by atoms with Gasteiger partial charge in [0.15, 0.2) is 0 Å². The maximum Gasteiger partial charge on any atom is 0.125 e. The molecule has 0 fully saturated rings. The summed E-state index contributed by atoms with van der Waals surface area (Å²) >= 11 is 3.52. The molecule has 0 spiro atoms. The van der Waals surface area contributed by atoms with Gasteiger partial charge in [0, 0.05) is 11.0 Å². The third-order valence-corrected chi connectivity index (χ3v) is 4.36. The summed E-state index contributed by atoms with van der Waals surface area (Å²) in [6, 6.07) is 14.8. The molecule has 23 heavy (non-hydrogen) atoms. The van der Waals surface area contributed by atoms with E-state index in [4.69, 9.17) is 4.74 Å². The highest BCUT2D eigenvalue weighted by Gasteiger charge is 2.06. The molecule has 0 bridgehead atoms. The van der Waals surface area contributed by atoms with E-state index in [2.05, 4.69) is 84.2 Å². The van der Waals surface area contributed by atoms with Gasteiger partial charge in [0.05, 0.1) is 6.61 Å². The molecule has 0 atom stereocenters. The average molecular weight is 376 g/mol. The van der Waals surface area contributed by atoms with Gasteiger partial charge >= 0.3 is 0 Å². The summed E-state index contributed by atoms with van der Waals surface area (Å²) in [5.74, 6) is 1.03. The van der Waals surface area contributed by atoms with E-state index >= 15 is 0 Å². The van der Waals surface area contributed by atoms with E-state index < -0.39 is 0 Å². The molecule has 0 N–H and O–H groups in total. The molecule has 2 nitrogen and oxygen atoms in total. The minimum atomic E-state index is 0.780. The van der Waals surface area contributed by atoms with Crippen LogP contribution >= 0.6 is 15.9 Å². The molecule has 2 aromatic rings. The fraction of sp³-hybridized carbons (Fsp3) is 0.400. The molecule has 124 valence electrons. The molecule has 0 saturated heterocycles. The van der Waals surface area contributed by atoms with Crippen LogP contribution in [-0.4, -0.2) is 25.1 Å². The van der Waals surface area contributed by atoms with E-state index in [1.54, 1.807) is 0 Å². The Balaban J connectivity index is 1.68. The van der Waals surface area contributed by atoms with Gasteiger partial charge < -0.3 is 9.64 Å². The first kappa shape index (κ1) is 18.0. The van der Waals surface area contributed by atoms with Gasteiger partial charge in [0.2, 0.25) is 0 Å². The van der Waals surface area contributed by atoms with E-state index in [1.165, 1.54) is 16.7 Å². The third-order valence-electron chi connectivity index (χ3n) is 3.90. The second-order valence-electron chi connectivity index (χ2n) is 6.15. The van der Waals surface area contributed by atoms with Crippen LogP contribution in [0.4, 0.5) is 0 Å². The van der Waals surface area contributed by atoms with Crippen LogP contribution in [0.1, 0.15) is 29.5 Å². The normalized spacial score (nSPS) is 11.0. The monoisotopic (exact) mass is 375 g/mol. The van der Waals surface area contributed by atoms with Crippen molar-refractivity contribution in [2.24, 2.45) is 0 Å². The van der Waals surface area contributed by atoms with Crippen molar-refractivity contribution in [1.29, 1.82) is 0 Å². The highest BCUT2D eigenvalue weighted by atomic mass is 79.9. The van der Waals surface area contributed by atoms with Crippen molar-refractivity contribution in [2.45, 2.75) is 33.2 Å². The van der Waals surface area contributed by atoms with E-state index in [1.807, 2.05) is 0 Å². The van der Waals surface area contributed by atoms with Gasteiger partial charge in [0.1, 0.15) is 5.75 Å². The zero-order valence-electron chi connectivity index (χ0n) is 14.3. The Bertz CT molecular complexity index is 589. The van der Waals surface area contributed by atoms with Gasteiger partial charge in [-0.3, -0.25) is 0 Å². The summed E-state index contributed by atoms with van der Waals surface area (Å²) in [5.41, 5.74) is 3.75. The van der Waals surface area contributed by atoms with Crippen LogP contribution < -0.4 is 4.74 Å². The van der Waals surface area contributed by atoms with Crippen molar-refractivity contribution in [3.63, 3.8) is 0 Å². The minimum absolute atomic E-state index is 0.780. The largest absolute Gasteiger partial charge is 0.493 e. The molecule has 2 aromatic carbocycles. The lowest BCUT2D eigenvalue weighted by atomic mass is 10.1. The first-order chi connectivity index (χ1) is 11.1. The lowest BCUT2D eigenvalue weighted by Gasteiger charge is -2.17. The van der Waals surface area contributed by atoms with Gasteiger partial charge in [-0.25, -0.2) is 0 Å². The number of hydrogen-bond donors (Lipinski definition) is 0. The van der Waals surface area contributed by atoms with Gasteiger partial charge in [-0.05, 0) is 69.1 Å². The van der Waals surface area contributed by atoms with Crippen molar-refractivity contribution in [1.82, 2.24) is 4.90 Å². The highest BCUT2D eigenvalue weighted by Crippen LogP contribution is 2.27. The number of rotatable bonds is 8. The van der Waals surface area contributed by atoms with Gasteiger partial charge in [-0.15, -0.1) is 0 Å². The summed E-state index contributed by atoms with van der Waals surface area (Å²) in [4.78, 5) is 2.37. The van der Waals surface area contributed by atoms with E-state index in [-0.39, 0.29) is 0 Å². The molecule has 0 amide bonds. The molecule has 0 unspecified atom stereocenters. The predicted molar refractivity (Wildman–Crippen MR) is 101 cm³/mol. The second kappa shape index (κ2) is 9.09. The quantitative estimate of drug-likeness (QED) is 0.576. The summed E-state index contributed by atoms with van der Waals surface area (Å²) < 4.78 is 7.10. The van der Waals surface area contributed by atoms with Crippen LogP contribution in [0.2, 0.25) is 0 Å². The lowest BCUT2D eigenvalue weighted by Crippen LogP contribution is -2.19. The minimum Gasteiger partial charge on any atom is -0.493 e. The molecule has 0 aliphatic carbocycles. The molecule has 0 aliphatic heterocycles. The van der Waals surface area contributed by atoms with Crippen molar-refractivity contribution in [2.75, 3.05) is 20.2 Å². The second-order valence-corrected chi connectivity index (χ2v) is 7.06. The van der Waals surface area contributed by atoms with Crippen LogP contribution in [0.25, 0.3) is 0 Å². The smallest absolute Gasteiger partial charge is 0.125 e. The number of hydrogen-bond acceptors (Lipinski definition) is 2. The third kappa shape index (κ3) is 6.00. The van der Waals surface area contributed by atoms with E-state index in [0.717, 1.165) is 42.8 Å². The van der Waals surface area contributed by atoms with Gasteiger partial charge in [-0.2, -0.15) is 0 Å². The number of ether oxygens (including phenoxy) is 1. The Kier molecular flexibility index (Phi) is 7.13. The van der Waals surface area contributed by atoms with Crippen LogP contribution in [0.3, 0.4) is 0 Å². The molecule has 2 rings (SSSR count). The Labute approximate surface area is 148 Å². The Hall–Kier alpha value is -1.32. The fourth-order valence-corrected chi connectivity index (χ4v) is 3.44. The van der Waals surface area contributed by atoms with Crippen molar-refractivity contribution in [3.8, 4) is 5.75 Å². The maximum absolute atomic E-state index is 5.98. The van der Waals surface area contributed by atoms with Gasteiger partial charge in [0.25, 0.3) is 0 Å².